The second-order valence-corrected chi connectivity index (χ2v) is 5.88. The van der Waals surface area contributed by atoms with E-state index in [4.69, 9.17) is 5.73 Å². The summed E-state index contributed by atoms with van der Waals surface area (Å²) in [6.07, 6.45) is 4.10. The van der Waals surface area contributed by atoms with Gasteiger partial charge in [-0.3, -0.25) is 9.48 Å². The summed E-state index contributed by atoms with van der Waals surface area (Å²) in [5, 5.41) is 4.23. The predicted molar refractivity (Wildman–Crippen MR) is 76.7 cm³/mol. The van der Waals surface area contributed by atoms with E-state index in [1.807, 2.05) is 13.8 Å². The number of hydrogen-bond acceptors (Lipinski definition) is 3. The smallest absolute Gasteiger partial charge is 0.182 e. The third-order valence-corrected chi connectivity index (χ3v) is 3.61. The molecule has 1 unspecified atom stereocenters. The molecular weight excluding hydrogens is 294 g/mol. The van der Waals surface area contributed by atoms with Gasteiger partial charge in [0.15, 0.2) is 5.78 Å². The Balaban J connectivity index is 2.69. The molecule has 102 valence electrons. The molecule has 2 N–H and O–H groups in total. The Morgan fingerprint density at radius 1 is 1.44 bits per heavy atom. The Bertz CT molecular complexity index is 401. The number of nitrogens with two attached hydrogens (primary N) is 1. The lowest BCUT2D eigenvalue weighted by Gasteiger charge is -2.12. The normalized spacial score (nSPS) is 13.0. The van der Waals surface area contributed by atoms with E-state index >= 15 is 0 Å². The average Bonchev–Trinajstić information content (AvgIpc) is 2.68. The van der Waals surface area contributed by atoms with E-state index in [9.17, 15) is 4.79 Å². The maximum absolute atomic E-state index is 12.2. The zero-order chi connectivity index (χ0) is 13.7. The van der Waals surface area contributed by atoms with Gasteiger partial charge in [0.05, 0.1) is 10.7 Å². The van der Waals surface area contributed by atoms with E-state index in [1.54, 1.807) is 10.9 Å². The van der Waals surface area contributed by atoms with Crippen molar-refractivity contribution in [3.8, 4) is 0 Å². The van der Waals surface area contributed by atoms with Crippen molar-refractivity contribution in [3.05, 3.63) is 16.4 Å². The zero-order valence-corrected chi connectivity index (χ0v) is 12.9. The standard InChI is InChI=1S/C13H22BrN3O/c1-9(2)17-13(11(14)8-16-17)12(18)5-4-10(3)6-7-15/h8-10H,4-7,15H2,1-3H3. The molecule has 0 spiro atoms. The van der Waals surface area contributed by atoms with Crippen molar-refractivity contribution in [2.45, 2.75) is 46.1 Å². The van der Waals surface area contributed by atoms with E-state index in [-0.39, 0.29) is 11.8 Å². The van der Waals surface area contributed by atoms with Gasteiger partial charge in [-0.2, -0.15) is 5.10 Å². The van der Waals surface area contributed by atoms with Crippen molar-refractivity contribution in [3.63, 3.8) is 0 Å². The van der Waals surface area contributed by atoms with Gasteiger partial charge in [-0.15, -0.1) is 0 Å². The molecular formula is C13H22BrN3O. The van der Waals surface area contributed by atoms with Crippen molar-refractivity contribution >= 4 is 21.7 Å². The van der Waals surface area contributed by atoms with E-state index < -0.39 is 0 Å². The summed E-state index contributed by atoms with van der Waals surface area (Å²) in [4.78, 5) is 12.2. The van der Waals surface area contributed by atoms with E-state index in [2.05, 4.69) is 28.0 Å². The number of ketones is 1. The number of Topliss-reactive ketones (excluding diaryl/α,β-unsaturated/α-hetero) is 1. The third kappa shape index (κ3) is 3.92. The number of carbonyl (C=O) groups is 1. The van der Waals surface area contributed by atoms with Crippen molar-refractivity contribution in [1.82, 2.24) is 9.78 Å². The van der Waals surface area contributed by atoms with Crippen LogP contribution in [0, 0.1) is 5.92 Å². The van der Waals surface area contributed by atoms with Gasteiger partial charge in [-0.1, -0.05) is 6.92 Å². The van der Waals surface area contributed by atoms with Crippen molar-refractivity contribution in [1.29, 1.82) is 0 Å². The van der Waals surface area contributed by atoms with Gasteiger partial charge in [0, 0.05) is 12.5 Å². The van der Waals surface area contributed by atoms with Gasteiger partial charge in [0.25, 0.3) is 0 Å². The first-order valence-corrected chi connectivity index (χ1v) is 7.23. The van der Waals surface area contributed by atoms with Crippen LogP contribution in [0.3, 0.4) is 0 Å². The number of rotatable bonds is 7. The largest absolute Gasteiger partial charge is 0.330 e. The minimum absolute atomic E-state index is 0.150. The molecule has 0 saturated carbocycles. The van der Waals surface area contributed by atoms with Gasteiger partial charge in [-0.05, 0) is 55.1 Å². The molecule has 1 rings (SSSR count). The Hall–Kier alpha value is -0.680. The van der Waals surface area contributed by atoms with Gasteiger partial charge in [0.2, 0.25) is 0 Å². The fraction of sp³-hybridized carbons (Fsp3) is 0.692. The number of nitrogens with zero attached hydrogens (tertiary/aromatic N) is 2. The molecule has 4 nitrogen and oxygen atoms in total. The van der Waals surface area contributed by atoms with Crippen molar-refractivity contribution in [2.24, 2.45) is 11.7 Å². The Morgan fingerprint density at radius 2 is 2.11 bits per heavy atom. The lowest BCUT2D eigenvalue weighted by molar-refractivity contribution is 0.0961. The highest BCUT2D eigenvalue weighted by molar-refractivity contribution is 9.10. The van der Waals surface area contributed by atoms with Gasteiger partial charge in [-0.25, -0.2) is 0 Å². The Kier molecular flexibility index (Phi) is 6.02. The van der Waals surface area contributed by atoms with Crippen LogP contribution in [0.15, 0.2) is 10.7 Å². The molecule has 0 amide bonds. The summed E-state index contributed by atoms with van der Waals surface area (Å²) in [5.41, 5.74) is 6.20. The number of aromatic nitrogens is 2. The summed E-state index contributed by atoms with van der Waals surface area (Å²) in [6, 6.07) is 0.191. The number of carbonyl (C=O) groups excluding carboxylic acids is 1. The molecule has 1 atom stereocenters. The van der Waals surface area contributed by atoms with Crippen LogP contribution in [0.4, 0.5) is 0 Å². The van der Waals surface area contributed by atoms with Crippen LogP contribution >= 0.6 is 15.9 Å². The molecule has 0 aliphatic rings. The summed E-state index contributed by atoms with van der Waals surface area (Å²) >= 11 is 3.40. The number of halogens is 1. The van der Waals surface area contributed by atoms with Crippen molar-refractivity contribution in [2.75, 3.05) is 6.54 Å². The van der Waals surface area contributed by atoms with Crippen LogP contribution in [0.25, 0.3) is 0 Å². The maximum atomic E-state index is 12.2. The first-order valence-electron chi connectivity index (χ1n) is 6.43. The summed E-state index contributed by atoms with van der Waals surface area (Å²) in [5.74, 6) is 0.644. The van der Waals surface area contributed by atoms with Gasteiger partial charge in [0.1, 0.15) is 5.69 Å². The van der Waals surface area contributed by atoms with Crippen LogP contribution in [-0.2, 0) is 0 Å². The monoisotopic (exact) mass is 315 g/mol. The third-order valence-electron chi connectivity index (χ3n) is 3.03. The minimum atomic E-state index is 0.150. The van der Waals surface area contributed by atoms with E-state index in [0.717, 1.165) is 17.3 Å². The van der Waals surface area contributed by atoms with E-state index in [0.29, 0.717) is 24.6 Å². The second-order valence-electron chi connectivity index (χ2n) is 5.02. The molecule has 5 heteroatoms. The topological polar surface area (TPSA) is 60.9 Å². The highest BCUT2D eigenvalue weighted by Gasteiger charge is 2.19. The fourth-order valence-corrected chi connectivity index (χ4v) is 2.41. The molecule has 1 aromatic heterocycles. The van der Waals surface area contributed by atoms with Gasteiger partial charge < -0.3 is 5.73 Å². The SMILES string of the molecule is CC(CCN)CCC(=O)c1c(Br)cnn1C(C)C. The van der Waals surface area contributed by atoms with Crippen LogP contribution in [0.2, 0.25) is 0 Å². The Labute approximate surface area is 117 Å². The van der Waals surface area contributed by atoms with Crippen LogP contribution < -0.4 is 5.73 Å². The molecule has 1 aromatic rings. The van der Waals surface area contributed by atoms with E-state index in [1.165, 1.54) is 0 Å². The first-order chi connectivity index (χ1) is 8.47. The second kappa shape index (κ2) is 7.04. The van der Waals surface area contributed by atoms with Crippen LogP contribution in [0.1, 0.15) is 56.6 Å². The molecule has 0 aliphatic carbocycles. The lowest BCUT2D eigenvalue weighted by atomic mass is 9.99. The summed E-state index contributed by atoms with van der Waals surface area (Å²) in [7, 11) is 0. The molecule has 18 heavy (non-hydrogen) atoms. The molecule has 0 aromatic carbocycles. The van der Waals surface area contributed by atoms with Crippen molar-refractivity contribution < 1.29 is 4.79 Å². The Morgan fingerprint density at radius 3 is 2.67 bits per heavy atom. The average molecular weight is 316 g/mol. The zero-order valence-electron chi connectivity index (χ0n) is 11.3. The fourth-order valence-electron chi connectivity index (χ4n) is 1.92. The molecule has 0 aliphatic heterocycles. The molecule has 0 radical (unpaired) electrons. The molecule has 0 bridgehead atoms. The number of hydrogen-bond donors (Lipinski definition) is 1. The minimum Gasteiger partial charge on any atom is -0.330 e. The lowest BCUT2D eigenvalue weighted by Crippen LogP contribution is -2.14. The molecule has 0 fully saturated rings. The predicted octanol–water partition coefficient (Wildman–Crippen LogP) is 3.17. The maximum Gasteiger partial charge on any atom is 0.182 e. The quantitative estimate of drug-likeness (QED) is 0.786. The molecule has 1 heterocycles. The highest BCUT2D eigenvalue weighted by Crippen LogP contribution is 2.22. The van der Waals surface area contributed by atoms with Crippen LogP contribution in [0.5, 0.6) is 0 Å². The van der Waals surface area contributed by atoms with Gasteiger partial charge >= 0.3 is 0 Å². The summed E-state index contributed by atoms with van der Waals surface area (Å²) in [6.45, 7) is 6.86. The first kappa shape index (κ1) is 15.4. The molecule has 0 saturated heterocycles. The highest BCUT2D eigenvalue weighted by atomic mass is 79.9. The summed E-state index contributed by atoms with van der Waals surface area (Å²) < 4.78 is 2.56. The van der Waals surface area contributed by atoms with Crippen LogP contribution in [-0.4, -0.2) is 22.1 Å².